The number of carbonyl (C=O) groups excluding carboxylic acids is 1. The number of H-pyrrole nitrogens is 1. The molecule has 0 saturated heterocycles. The van der Waals surface area contributed by atoms with Crippen molar-refractivity contribution in [2.45, 2.75) is 31.9 Å². The average molecular weight is 383 g/mol. The number of ether oxygens (including phenoxy) is 1. The van der Waals surface area contributed by atoms with Gasteiger partial charge in [-0.2, -0.15) is 9.78 Å². The number of nitrogens with one attached hydrogen (secondary N) is 2. The fraction of sp³-hybridized carbons (Fsp3) is 0.353. The highest BCUT2D eigenvalue weighted by molar-refractivity contribution is 7.13. The Balaban J connectivity index is 1.46. The van der Waals surface area contributed by atoms with Crippen LogP contribution in [0.25, 0.3) is 15.4 Å². The minimum atomic E-state index is -0.369. The zero-order valence-corrected chi connectivity index (χ0v) is 15.4. The molecule has 0 bridgehead atoms. The monoisotopic (exact) mass is 383 g/mol. The van der Waals surface area contributed by atoms with E-state index in [1.54, 1.807) is 28.7 Å². The Kier molecular flexibility index (Phi) is 4.70. The lowest BCUT2D eigenvalue weighted by molar-refractivity contribution is -0.0226. The maximum atomic E-state index is 12.5. The van der Waals surface area contributed by atoms with Gasteiger partial charge in [0.05, 0.1) is 30.2 Å². The molecule has 10 heteroatoms. The molecule has 4 rings (SSSR count). The maximum Gasteiger partial charge on any atom is 0.318 e. The molecule has 2 N–H and O–H groups in total. The first-order chi connectivity index (χ1) is 13.2. The summed E-state index contributed by atoms with van der Waals surface area (Å²) in [6, 6.07) is 0.194. The second-order valence-electron chi connectivity index (χ2n) is 6.14. The normalized spacial score (nSPS) is 18.7. The first-order valence-corrected chi connectivity index (χ1v) is 9.40. The van der Waals surface area contributed by atoms with Gasteiger partial charge in [-0.1, -0.05) is 6.57 Å². The predicted octanol–water partition coefficient (Wildman–Crippen LogP) is 3.27. The third kappa shape index (κ3) is 3.47. The van der Waals surface area contributed by atoms with Gasteiger partial charge in [-0.3, -0.25) is 9.89 Å². The van der Waals surface area contributed by atoms with Gasteiger partial charge < -0.3 is 14.9 Å². The van der Waals surface area contributed by atoms with E-state index in [-0.39, 0.29) is 23.9 Å². The SMILES string of the molecule is [C-]#[N+]c1nn(C2CC(OCC)C2)cc1NC(=O)c1csc(-c2cn[nH]c2)n1. The van der Waals surface area contributed by atoms with Gasteiger partial charge in [0.15, 0.2) is 0 Å². The minimum Gasteiger partial charge on any atom is -0.378 e. The molecular weight excluding hydrogens is 366 g/mol. The summed E-state index contributed by atoms with van der Waals surface area (Å²) >= 11 is 1.36. The van der Waals surface area contributed by atoms with Crippen molar-refractivity contribution in [3.05, 3.63) is 41.1 Å². The Hall–Kier alpha value is -3.03. The fourth-order valence-electron chi connectivity index (χ4n) is 2.93. The van der Waals surface area contributed by atoms with Crippen molar-refractivity contribution in [1.82, 2.24) is 25.0 Å². The molecule has 0 radical (unpaired) electrons. The molecule has 1 amide bonds. The van der Waals surface area contributed by atoms with Crippen LogP contribution in [0.1, 0.15) is 36.3 Å². The molecule has 138 valence electrons. The summed E-state index contributed by atoms with van der Waals surface area (Å²) in [4.78, 5) is 20.3. The number of hydrogen-bond donors (Lipinski definition) is 2. The Morgan fingerprint density at radius 1 is 1.56 bits per heavy atom. The van der Waals surface area contributed by atoms with Crippen LogP contribution in [0.2, 0.25) is 0 Å². The van der Waals surface area contributed by atoms with Gasteiger partial charge in [0.1, 0.15) is 10.7 Å². The highest BCUT2D eigenvalue weighted by Gasteiger charge is 2.34. The summed E-state index contributed by atoms with van der Waals surface area (Å²) in [6.45, 7) is 9.98. The van der Waals surface area contributed by atoms with Gasteiger partial charge in [-0.05, 0) is 24.9 Å². The number of rotatable bonds is 6. The molecule has 27 heavy (non-hydrogen) atoms. The van der Waals surface area contributed by atoms with E-state index in [0.717, 1.165) is 18.4 Å². The third-order valence-corrected chi connectivity index (χ3v) is 5.29. The number of carbonyl (C=O) groups is 1. The highest BCUT2D eigenvalue weighted by atomic mass is 32.1. The Bertz CT molecular complexity index is 980. The smallest absolute Gasteiger partial charge is 0.318 e. The lowest BCUT2D eigenvalue weighted by atomic mass is 9.89. The van der Waals surface area contributed by atoms with Crippen LogP contribution in [-0.2, 0) is 4.74 Å². The van der Waals surface area contributed by atoms with Crippen LogP contribution in [-0.4, -0.2) is 43.6 Å². The number of thiazole rings is 1. The summed E-state index contributed by atoms with van der Waals surface area (Å²) in [6.07, 6.45) is 7.04. The van der Waals surface area contributed by atoms with Crippen molar-refractivity contribution in [1.29, 1.82) is 0 Å². The van der Waals surface area contributed by atoms with Crippen LogP contribution in [0.3, 0.4) is 0 Å². The third-order valence-electron chi connectivity index (χ3n) is 4.39. The number of nitrogens with zero attached hydrogens (tertiary/aromatic N) is 5. The first-order valence-electron chi connectivity index (χ1n) is 8.52. The molecule has 9 nitrogen and oxygen atoms in total. The van der Waals surface area contributed by atoms with Crippen molar-refractivity contribution >= 4 is 28.7 Å². The number of hydrogen-bond acceptors (Lipinski definition) is 6. The van der Waals surface area contributed by atoms with E-state index in [9.17, 15) is 4.79 Å². The van der Waals surface area contributed by atoms with Crippen LogP contribution in [0.5, 0.6) is 0 Å². The summed E-state index contributed by atoms with van der Waals surface area (Å²) in [5.41, 5.74) is 1.51. The standard InChI is InChI=1S/C17H17N7O2S/c1-3-26-12-4-11(5-12)24-8-13(15(18-2)23-24)21-16(25)14-9-27-17(22-14)10-6-19-20-7-10/h6-9,11-12H,3-5H2,1H3,(H,19,20)(H,21,25). The van der Waals surface area contributed by atoms with Crippen molar-refractivity contribution < 1.29 is 9.53 Å². The van der Waals surface area contributed by atoms with Crippen molar-refractivity contribution in [2.75, 3.05) is 11.9 Å². The average Bonchev–Trinajstić information content (AvgIpc) is 3.36. The Morgan fingerprint density at radius 2 is 2.41 bits per heavy atom. The van der Waals surface area contributed by atoms with Gasteiger partial charge in [0.2, 0.25) is 0 Å². The molecule has 0 spiro atoms. The summed E-state index contributed by atoms with van der Waals surface area (Å²) in [5.74, 6) is -0.195. The number of anilines is 1. The van der Waals surface area contributed by atoms with E-state index < -0.39 is 0 Å². The number of amides is 1. The van der Waals surface area contributed by atoms with Gasteiger partial charge in [0, 0.05) is 23.7 Å². The highest BCUT2D eigenvalue weighted by Crippen LogP contribution is 2.36. The zero-order chi connectivity index (χ0) is 18.8. The maximum absolute atomic E-state index is 12.5. The van der Waals surface area contributed by atoms with Gasteiger partial charge >= 0.3 is 5.82 Å². The molecule has 1 aliphatic rings. The van der Waals surface area contributed by atoms with E-state index in [4.69, 9.17) is 11.3 Å². The van der Waals surface area contributed by atoms with E-state index >= 15 is 0 Å². The predicted molar refractivity (Wildman–Crippen MR) is 99.8 cm³/mol. The molecule has 3 aromatic rings. The molecule has 3 aromatic heterocycles. The zero-order valence-electron chi connectivity index (χ0n) is 14.5. The van der Waals surface area contributed by atoms with Crippen LogP contribution < -0.4 is 5.32 Å². The number of aromatic nitrogens is 5. The van der Waals surface area contributed by atoms with E-state index in [2.05, 4.69) is 30.4 Å². The molecule has 0 atom stereocenters. The van der Waals surface area contributed by atoms with E-state index in [1.807, 2.05) is 6.92 Å². The van der Waals surface area contributed by atoms with Gasteiger partial charge in [-0.25, -0.2) is 4.98 Å². The Morgan fingerprint density at radius 3 is 3.11 bits per heavy atom. The Labute approximate surface area is 159 Å². The van der Waals surface area contributed by atoms with Gasteiger partial charge in [0.25, 0.3) is 5.91 Å². The quantitative estimate of drug-likeness (QED) is 0.636. The molecule has 1 saturated carbocycles. The van der Waals surface area contributed by atoms with E-state index in [0.29, 0.717) is 23.0 Å². The summed E-state index contributed by atoms with van der Waals surface area (Å²) < 4.78 is 7.31. The molecule has 3 heterocycles. The van der Waals surface area contributed by atoms with Crippen LogP contribution >= 0.6 is 11.3 Å². The molecule has 0 unspecified atom stereocenters. The topological polar surface area (TPSA) is 102 Å². The largest absolute Gasteiger partial charge is 0.378 e. The van der Waals surface area contributed by atoms with Crippen LogP contribution in [0.4, 0.5) is 11.5 Å². The van der Waals surface area contributed by atoms with Gasteiger partial charge in [-0.15, -0.1) is 11.3 Å². The lowest BCUT2D eigenvalue weighted by Crippen LogP contribution is -2.33. The second-order valence-corrected chi connectivity index (χ2v) is 7.00. The van der Waals surface area contributed by atoms with Crippen LogP contribution in [0, 0.1) is 6.57 Å². The minimum absolute atomic E-state index is 0.175. The lowest BCUT2D eigenvalue weighted by Gasteiger charge is -2.33. The molecule has 0 aromatic carbocycles. The molecule has 1 aliphatic carbocycles. The van der Waals surface area contributed by atoms with Crippen molar-refractivity contribution in [3.8, 4) is 10.6 Å². The molecule has 1 fully saturated rings. The molecule has 0 aliphatic heterocycles. The summed E-state index contributed by atoms with van der Waals surface area (Å²) in [5, 5.41) is 16.0. The van der Waals surface area contributed by atoms with Crippen molar-refractivity contribution in [2.24, 2.45) is 0 Å². The number of aromatic amines is 1. The first kappa shape index (κ1) is 17.4. The molecular formula is C17H17N7O2S. The van der Waals surface area contributed by atoms with Crippen molar-refractivity contribution in [3.63, 3.8) is 0 Å². The van der Waals surface area contributed by atoms with E-state index in [1.165, 1.54) is 11.3 Å². The fourth-order valence-corrected chi connectivity index (χ4v) is 3.71. The van der Waals surface area contributed by atoms with Crippen LogP contribution in [0.15, 0.2) is 24.0 Å². The second kappa shape index (κ2) is 7.30. The summed E-state index contributed by atoms with van der Waals surface area (Å²) in [7, 11) is 0.